The van der Waals surface area contributed by atoms with E-state index in [1.807, 2.05) is 11.8 Å². The van der Waals surface area contributed by atoms with Gasteiger partial charge in [0.1, 0.15) is 5.82 Å². The Balaban J connectivity index is 1.33. The molecule has 1 aromatic carbocycles. The van der Waals surface area contributed by atoms with Gasteiger partial charge in [0, 0.05) is 26.1 Å². The van der Waals surface area contributed by atoms with E-state index in [1.165, 1.54) is 6.20 Å². The molecule has 4 amide bonds. The maximum Gasteiger partial charge on any atom is 0.261 e. The molecule has 2 aromatic rings. The number of pyridine rings is 1. The lowest BCUT2D eigenvalue weighted by molar-refractivity contribution is -0.120. The van der Waals surface area contributed by atoms with E-state index in [0.29, 0.717) is 35.7 Å². The van der Waals surface area contributed by atoms with Gasteiger partial charge in [0.05, 0.1) is 29.6 Å². The number of nitrogens with zero attached hydrogens (tertiary/aromatic N) is 3. The van der Waals surface area contributed by atoms with Crippen molar-refractivity contribution < 1.29 is 19.2 Å². The standard InChI is InChI=1S/C21H21N5O4/c1-13-2-4-15-16(10-13)21(30)26(20(15)29)8-6-18(27)24-14-3-5-17(23-11-14)25-9-7-22-19(28)12-25/h2-5,10-11H,6-9,12H2,1H3,(H,22,28)(H,24,27). The lowest BCUT2D eigenvalue weighted by atomic mass is 10.1. The van der Waals surface area contributed by atoms with E-state index in [-0.39, 0.29) is 43.1 Å². The molecule has 0 radical (unpaired) electrons. The zero-order valence-corrected chi connectivity index (χ0v) is 16.5. The van der Waals surface area contributed by atoms with E-state index in [9.17, 15) is 19.2 Å². The van der Waals surface area contributed by atoms with E-state index in [4.69, 9.17) is 0 Å². The summed E-state index contributed by atoms with van der Waals surface area (Å²) in [5.74, 6) is -0.468. The summed E-state index contributed by atoms with van der Waals surface area (Å²) in [6, 6.07) is 8.56. The van der Waals surface area contributed by atoms with Crippen molar-refractivity contribution in [1.82, 2.24) is 15.2 Å². The zero-order chi connectivity index (χ0) is 21.3. The summed E-state index contributed by atoms with van der Waals surface area (Å²) in [6.07, 6.45) is 1.50. The number of amides is 4. The van der Waals surface area contributed by atoms with Gasteiger partial charge in [-0.05, 0) is 31.2 Å². The van der Waals surface area contributed by atoms with Crippen LogP contribution in [0, 0.1) is 6.92 Å². The van der Waals surface area contributed by atoms with Gasteiger partial charge in [-0.3, -0.25) is 24.1 Å². The van der Waals surface area contributed by atoms with Crippen molar-refractivity contribution in [3.63, 3.8) is 0 Å². The molecule has 2 aliphatic rings. The average molecular weight is 407 g/mol. The second-order valence-corrected chi connectivity index (χ2v) is 7.29. The molecular weight excluding hydrogens is 386 g/mol. The van der Waals surface area contributed by atoms with Gasteiger partial charge in [0.2, 0.25) is 11.8 Å². The number of benzene rings is 1. The van der Waals surface area contributed by atoms with E-state index in [1.54, 1.807) is 30.3 Å². The number of hydrogen-bond acceptors (Lipinski definition) is 6. The number of nitrogens with one attached hydrogen (secondary N) is 2. The molecule has 0 atom stereocenters. The third kappa shape index (κ3) is 3.86. The fourth-order valence-corrected chi connectivity index (χ4v) is 3.53. The molecule has 0 aliphatic carbocycles. The average Bonchev–Trinajstić information content (AvgIpc) is 2.96. The third-order valence-corrected chi connectivity index (χ3v) is 5.08. The van der Waals surface area contributed by atoms with Crippen LogP contribution in [0.4, 0.5) is 11.5 Å². The first-order valence-electron chi connectivity index (χ1n) is 9.67. The largest absolute Gasteiger partial charge is 0.353 e. The normalized spacial score (nSPS) is 15.8. The molecule has 0 bridgehead atoms. The summed E-state index contributed by atoms with van der Waals surface area (Å²) in [4.78, 5) is 55.9. The first-order valence-corrected chi connectivity index (χ1v) is 9.67. The Morgan fingerprint density at radius 3 is 2.67 bits per heavy atom. The number of aryl methyl sites for hydroxylation is 1. The molecule has 1 fully saturated rings. The van der Waals surface area contributed by atoms with Crippen molar-refractivity contribution >= 4 is 35.1 Å². The van der Waals surface area contributed by atoms with Crippen molar-refractivity contribution in [2.24, 2.45) is 0 Å². The predicted molar refractivity (Wildman–Crippen MR) is 109 cm³/mol. The fourth-order valence-electron chi connectivity index (χ4n) is 3.53. The molecule has 9 heteroatoms. The van der Waals surface area contributed by atoms with Crippen molar-refractivity contribution in [1.29, 1.82) is 0 Å². The summed E-state index contributed by atoms with van der Waals surface area (Å²) in [6.45, 7) is 3.35. The molecule has 1 saturated heterocycles. The Kier molecular flexibility index (Phi) is 5.18. The molecule has 1 aromatic heterocycles. The van der Waals surface area contributed by atoms with Crippen LogP contribution in [-0.2, 0) is 9.59 Å². The fraction of sp³-hybridized carbons (Fsp3) is 0.286. The van der Waals surface area contributed by atoms with Crippen LogP contribution in [0.1, 0.15) is 32.7 Å². The number of hydrogen-bond donors (Lipinski definition) is 2. The summed E-state index contributed by atoms with van der Waals surface area (Å²) in [7, 11) is 0. The van der Waals surface area contributed by atoms with Crippen LogP contribution in [0.2, 0.25) is 0 Å². The molecule has 2 N–H and O–H groups in total. The molecule has 4 rings (SSSR count). The lowest BCUT2D eigenvalue weighted by Gasteiger charge is -2.27. The van der Waals surface area contributed by atoms with Crippen LogP contribution in [0.25, 0.3) is 0 Å². The highest BCUT2D eigenvalue weighted by molar-refractivity contribution is 6.21. The van der Waals surface area contributed by atoms with Crippen LogP contribution >= 0.6 is 0 Å². The molecule has 30 heavy (non-hydrogen) atoms. The molecule has 154 valence electrons. The Labute approximate surface area is 173 Å². The maximum atomic E-state index is 12.5. The second kappa shape index (κ2) is 7.94. The topological polar surface area (TPSA) is 112 Å². The lowest BCUT2D eigenvalue weighted by Crippen LogP contribution is -2.48. The SMILES string of the molecule is Cc1ccc2c(c1)C(=O)N(CCC(=O)Nc1ccc(N3CCNC(=O)C3)nc1)C2=O. The van der Waals surface area contributed by atoms with Gasteiger partial charge in [-0.1, -0.05) is 11.6 Å². The quantitative estimate of drug-likeness (QED) is 0.714. The minimum Gasteiger partial charge on any atom is -0.353 e. The van der Waals surface area contributed by atoms with Gasteiger partial charge in [-0.2, -0.15) is 0 Å². The number of anilines is 2. The molecule has 3 heterocycles. The van der Waals surface area contributed by atoms with Crippen LogP contribution in [-0.4, -0.2) is 59.7 Å². The number of piperazine rings is 1. The van der Waals surface area contributed by atoms with Crippen molar-refractivity contribution in [3.8, 4) is 0 Å². The predicted octanol–water partition coefficient (Wildman–Crippen LogP) is 0.951. The summed E-state index contributed by atoms with van der Waals surface area (Å²) in [5.41, 5.74) is 2.16. The monoisotopic (exact) mass is 407 g/mol. The van der Waals surface area contributed by atoms with Gasteiger partial charge >= 0.3 is 0 Å². The minimum absolute atomic E-state index is 0.00558. The summed E-state index contributed by atoms with van der Waals surface area (Å²) >= 11 is 0. The van der Waals surface area contributed by atoms with Crippen LogP contribution in [0.15, 0.2) is 36.5 Å². The van der Waals surface area contributed by atoms with Crippen molar-refractivity contribution in [2.45, 2.75) is 13.3 Å². The van der Waals surface area contributed by atoms with E-state index in [0.717, 1.165) is 10.5 Å². The Bertz CT molecular complexity index is 1030. The van der Waals surface area contributed by atoms with Gasteiger partial charge in [-0.15, -0.1) is 0 Å². The summed E-state index contributed by atoms with van der Waals surface area (Å²) < 4.78 is 0. The third-order valence-electron chi connectivity index (χ3n) is 5.08. The molecule has 0 unspecified atom stereocenters. The highest BCUT2D eigenvalue weighted by Gasteiger charge is 2.35. The molecule has 2 aliphatic heterocycles. The maximum absolute atomic E-state index is 12.5. The van der Waals surface area contributed by atoms with E-state index in [2.05, 4.69) is 15.6 Å². The smallest absolute Gasteiger partial charge is 0.261 e. The summed E-state index contributed by atoms with van der Waals surface area (Å²) in [5, 5.41) is 5.47. The Morgan fingerprint density at radius 2 is 1.93 bits per heavy atom. The number of rotatable bonds is 5. The van der Waals surface area contributed by atoms with Gasteiger partial charge in [0.25, 0.3) is 11.8 Å². The van der Waals surface area contributed by atoms with Crippen LogP contribution in [0.5, 0.6) is 0 Å². The molecule has 0 saturated carbocycles. The zero-order valence-electron chi connectivity index (χ0n) is 16.5. The molecular formula is C21H21N5O4. The van der Waals surface area contributed by atoms with Crippen LogP contribution < -0.4 is 15.5 Å². The number of fused-ring (bicyclic) bond motifs is 1. The van der Waals surface area contributed by atoms with Crippen molar-refractivity contribution in [2.75, 3.05) is 36.4 Å². The number of aromatic nitrogens is 1. The van der Waals surface area contributed by atoms with Crippen molar-refractivity contribution in [3.05, 3.63) is 53.2 Å². The molecule has 9 nitrogen and oxygen atoms in total. The Hall–Kier alpha value is -3.75. The molecule has 0 spiro atoms. The van der Waals surface area contributed by atoms with Crippen LogP contribution in [0.3, 0.4) is 0 Å². The second-order valence-electron chi connectivity index (χ2n) is 7.29. The highest BCUT2D eigenvalue weighted by Crippen LogP contribution is 2.24. The minimum atomic E-state index is -0.376. The first-order chi connectivity index (χ1) is 14.4. The van der Waals surface area contributed by atoms with Gasteiger partial charge < -0.3 is 15.5 Å². The number of carbonyl (C=O) groups is 4. The van der Waals surface area contributed by atoms with E-state index < -0.39 is 0 Å². The number of imide groups is 1. The number of carbonyl (C=O) groups excluding carboxylic acids is 4. The highest BCUT2D eigenvalue weighted by atomic mass is 16.2. The first kappa shape index (κ1) is 19.6. The van der Waals surface area contributed by atoms with E-state index >= 15 is 0 Å². The Morgan fingerprint density at radius 1 is 1.13 bits per heavy atom. The van der Waals surface area contributed by atoms with Gasteiger partial charge in [-0.25, -0.2) is 4.98 Å². The van der Waals surface area contributed by atoms with Gasteiger partial charge in [0.15, 0.2) is 0 Å².